The summed E-state index contributed by atoms with van der Waals surface area (Å²) in [7, 11) is 2.98. The highest BCUT2D eigenvalue weighted by molar-refractivity contribution is 6.31. The molecule has 1 unspecified atom stereocenters. The van der Waals surface area contributed by atoms with Gasteiger partial charge < -0.3 is 30.4 Å². The summed E-state index contributed by atoms with van der Waals surface area (Å²) in [5.41, 5.74) is 5.72. The first-order valence-electron chi connectivity index (χ1n) is 15.0. The van der Waals surface area contributed by atoms with Gasteiger partial charge in [0.2, 0.25) is 5.91 Å². The van der Waals surface area contributed by atoms with Gasteiger partial charge in [-0.05, 0) is 75.4 Å². The third-order valence-electron chi connectivity index (χ3n) is 7.93. The van der Waals surface area contributed by atoms with E-state index in [2.05, 4.69) is 5.32 Å². The molecule has 0 saturated carbocycles. The highest BCUT2D eigenvalue weighted by Gasteiger charge is 2.34. The number of carbonyl (C=O) groups excluding carboxylic acids is 2. The lowest BCUT2D eigenvalue weighted by molar-refractivity contribution is -0.136. The van der Waals surface area contributed by atoms with E-state index in [0.717, 1.165) is 0 Å². The molecule has 0 aliphatic carbocycles. The Labute approximate surface area is 277 Å². The molecule has 0 bridgehead atoms. The molecule has 0 spiro atoms. The molecule has 1 aliphatic heterocycles. The van der Waals surface area contributed by atoms with E-state index in [0.29, 0.717) is 65.0 Å². The smallest absolute Gasteiger partial charge is 0.327 e. The number of anilines is 2. The van der Waals surface area contributed by atoms with Crippen LogP contribution in [-0.2, 0) is 4.79 Å². The molecule has 12 nitrogen and oxygen atoms in total. The molecule has 47 heavy (non-hydrogen) atoms. The van der Waals surface area contributed by atoms with E-state index in [-0.39, 0.29) is 18.7 Å². The molecule has 5 rings (SSSR count). The Hall–Kier alpha value is -4.88. The summed E-state index contributed by atoms with van der Waals surface area (Å²) in [6.45, 7) is 6.29. The Morgan fingerprint density at radius 2 is 1.72 bits per heavy atom. The number of ether oxygens (including phenoxy) is 2. The second-order valence-corrected chi connectivity index (χ2v) is 12.2. The second kappa shape index (κ2) is 13.5. The van der Waals surface area contributed by atoms with Gasteiger partial charge in [0, 0.05) is 31.3 Å². The maximum Gasteiger partial charge on any atom is 0.327 e. The Balaban J connectivity index is 0.00000520. The molecule has 1 saturated heterocycles. The van der Waals surface area contributed by atoms with Crippen LogP contribution in [0, 0.1) is 5.82 Å². The van der Waals surface area contributed by atoms with Crippen molar-refractivity contribution >= 4 is 45.8 Å². The van der Waals surface area contributed by atoms with Crippen LogP contribution in [0.25, 0.3) is 10.9 Å². The molecule has 1 fully saturated rings. The van der Waals surface area contributed by atoms with Gasteiger partial charge in [-0.25, -0.2) is 18.8 Å². The minimum absolute atomic E-state index is 0. The first kappa shape index (κ1) is 33.5. The van der Waals surface area contributed by atoms with Gasteiger partial charge in [-0.3, -0.25) is 14.5 Å². The van der Waals surface area contributed by atoms with Crippen molar-refractivity contribution in [2.75, 3.05) is 55.6 Å². The molecule has 3 amide bonds. The molecular formula is C33H39ClFN7O5. The summed E-state index contributed by atoms with van der Waals surface area (Å²) in [5.74, 6) is 0.403. The van der Waals surface area contributed by atoms with Crippen LogP contribution >= 0.6 is 11.6 Å². The second-order valence-electron chi connectivity index (χ2n) is 11.7. The van der Waals surface area contributed by atoms with Crippen molar-refractivity contribution in [1.82, 2.24) is 14.6 Å². The van der Waals surface area contributed by atoms with Crippen LogP contribution in [0.1, 0.15) is 34.1 Å². The number of amides is 3. The van der Waals surface area contributed by atoms with Crippen LogP contribution < -0.4 is 36.0 Å². The SMILES string of the molecule is COc1ccc(N(C(=O)Nc2ccc(F)cc2)C(C)c2nc3cc(Cl)ccc3c(=O)n2N2CCN(C(=O)C(C)(C)N)CC2)c(OC)c1.[HH]. The fraction of sp³-hybridized carbons (Fsp3) is 0.333. The molecule has 1 aromatic heterocycles. The fourth-order valence-corrected chi connectivity index (χ4v) is 5.69. The van der Waals surface area contributed by atoms with Gasteiger partial charge >= 0.3 is 6.03 Å². The number of aromatic nitrogens is 2. The number of benzene rings is 3. The molecule has 1 aliphatic rings. The van der Waals surface area contributed by atoms with Crippen molar-refractivity contribution in [2.45, 2.75) is 32.4 Å². The minimum atomic E-state index is -1.04. The minimum Gasteiger partial charge on any atom is -0.497 e. The van der Waals surface area contributed by atoms with E-state index in [1.54, 1.807) is 62.1 Å². The van der Waals surface area contributed by atoms with Gasteiger partial charge in [-0.1, -0.05) is 11.6 Å². The van der Waals surface area contributed by atoms with Gasteiger partial charge in [0.1, 0.15) is 17.3 Å². The van der Waals surface area contributed by atoms with Gasteiger partial charge in [0.05, 0.1) is 55.5 Å². The van der Waals surface area contributed by atoms with Gasteiger partial charge in [0.15, 0.2) is 5.82 Å². The summed E-state index contributed by atoms with van der Waals surface area (Å²) < 4.78 is 26.2. The number of hydrogen-bond donors (Lipinski definition) is 2. The van der Waals surface area contributed by atoms with Crippen molar-refractivity contribution in [3.05, 3.63) is 87.7 Å². The molecule has 3 N–H and O–H groups in total. The molecule has 0 radical (unpaired) electrons. The quantitative estimate of drug-likeness (QED) is 0.275. The highest BCUT2D eigenvalue weighted by Crippen LogP contribution is 2.37. The number of nitrogens with zero attached hydrogens (tertiary/aromatic N) is 5. The fourth-order valence-electron chi connectivity index (χ4n) is 5.53. The Morgan fingerprint density at radius 1 is 1.04 bits per heavy atom. The number of halogens is 2. The number of methoxy groups -OCH3 is 2. The van der Waals surface area contributed by atoms with Crippen LogP contribution in [0.15, 0.2) is 65.5 Å². The Kier molecular flexibility index (Phi) is 9.59. The van der Waals surface area contributed by atoms with Crippen LogP contribution in [-0.4, -0.2) is 72.4 Å². The van der Waals surface area contributed by atoms with E-state index >= 15 is 0 Å². The number of hydrogen-bond acceptors (Lipinski definition) is 8. The van der Waals surface area contributed by atoms with Crippen molar-refractivity contribution < 1.29 is 24.9 Å². The number of piperazine rings is 1. The number of carbonyl (C=O) groups is 2. The average Bonchev–Trinajstić information content (AvgIpc) is 3.05. The lowest BCUT2D eigenvalue weighted by Crippen LogP contribution is -2.60. The zero-order valence-electron chi connectivity index (χ0n) is 26.8. The maximum absolute atomic E-state index is 14.2. The van der Waals surface area contributed by atoms with Crippen molar-refractivity contribution in [2.24, 2.45) is 5.73 Å². The first-order chi connectivity index (χ1) is 22.3. The number of nitrogens with one attached hydrogen (secondary N) is 1. The van der Waals surface area contributed by atoms with E-state index in [1.165, 1.54) is 48.1 Å². The summed E-state index contributed by atoms with van der Waals surface area (Å²) in [5, 5.41) is 5.35. The molecule has 4 aromatic rings. The van der Waals surface area contributed by atoms with E-state index in [4.69, 9.17) is 31.8 Å². The third kappa shape index (κ3) is 6.96. The first-order valence-corrected chi connectivity index (χ1v) is 15.3. The predicted octanol–water partition coefficient (Wildman–Crippen LogP) is 4.77. The summed E-state index contributed by atoms with van der Waals surface area (Å²) >= 11 is 6.32. The molecule has 1 atom stereocenters. The van der Waals surface area contributed by atoms with E-state index in [9.17, 15) is 18.8 Å². The maximum atomic E-state index is 14.2. The molecule has 2 heterocycles. The number of urea groups is 1. The summed E-state index contributed by atoms with van der Waals surface area (Å²) in [4.78, 5) is 49.3. The third-order valence-corrected chi connectivity index (χ3v) is 8.17. The number of fused-ring (bicyclic) bond motifs is 1. The zero-order chi connectivity index (χ0) is 34.0. The average molecular weight is 668 g/mol. The largest absolute Gasteiger partial charge is 0.497 e. The van der Waals surface area contributed by atoms with Crippen molar-refractivity contribution in [3.8, 4) is 11.5 Å². The monoisotopic (exact) mass is 667 g/mol. The van der Waals surface area contributed by atoms with Gasteiger partial charge in [0.25, 0.3) is 5.56 Å². The molecule has 250 valence electrons. The molecule has 14 heteroatoms. The topological polar surface area (TPSA) is 135 Å². The Bertz CT molecular complexity index is 1860. The number of nitrogens with two attached hydrogens (primary N) is 1. The highest BCUT2D eigenvalue weighted by atomic mass is 35.5. The summed E-state index contributed by atoms with van der Waals surface area (Å²) in [6.07, 6.45) is 0. The van der Waals surface area contributed by atoms with E-state index in [1.807, 2.05) is 5.01 Å². The summed E-state index contributed by atoms with van der Waals surface area (Å²) in [6, 6.07) is 13.7. The predicted molar refractivity (Wildman–Crippen MR) is 182 cm³/mol. The normalized spacial score (nSPS) is 14.1. The van der Waals surface area contributed by atoms with Gasteiger partial charge in [-0.2, -0.15) is 0 Å². The standard InChI is InChI=1S/C33H37ClFN7O5.H2/c1-20(41(27-13-11-24(46-4)19-28(27)47-5)32(45)37-23-9-7-22(35)8-10-23)29-38-26-18-21(34)6-12-25(26)30(43)42(29)40-16-14-39(15-17-40)31(44)33(2,3)36;/h6-13,18-20H,14-17,36H2,1-5H3,(H,37,45);1H. The van der Waals surface area contributed by atoms with Crippen LogP contribution in [0.2, 0.25) is 5.02 Å². The van der Waals surface area contributed by atoms with Crippen LogP contribution in [0.4, 0.5) is 20.6 Å². The van der Waals surface area contributed by atoms with Gasteiger partial charge in [-0.15, -0.1) is 0 Å². The van der Waals surface area contributed by atoms with Crippen LogP contribution in [0.3, 0.4) is 0 Å². The molecular weight excluding hydrogens is 629 g/mol. The number of rotatable bonds is 8. The zero-order valence-corrected chi connectivity index (χ0v) is 27.5. The van der Waals surface area contributed by atoms with E-state index < -0.39 is 23.4 Å². The molecule has 3 aromatic carbocycles. The van der Waals surface area contributed by atoms with Crippen molar-refractivity contribution in [1.29, 1.82) is 0 Å². The van der Waals surface area contributed by atoms with Crippen LogP contribution in [0.5, 0.6) is 11.5 Å². The lowest BCUT2D eigenvalue weighted by atomic mass is 10.1. The lowest BCUT2D eigenvalue weighted by Gasteiger charge is -2.40. The van der Waals surface area contributed by atoms with Crippen molar-refractivity contribution in [3.63, 3.8) is 0 Å². The Morgan fingerprint density at radius 3 is 2.34 bits per heavy atom.